The zero-order valence-corrected chi connectivity index (χ0v) is 11.8. The highest BCUT2D eigenvalue weighted by Crippen LogP contribution is 2.59. The Bertz CT molecular complexity index is 632. The SMILES string of the molecule is c1ccc2nc(C3C4CC5CC(C4)CC3C5)ccc2c1. The van der Waals surface area contributed by atoms with Crippen molar-refractivity contribution >= 4 is 10.9 Å². The minimum Gasteiger partial charge on any atom is -0.253 e. The zero-order chi connectivity index (χ0) is 13.1. The van der Waals surface area contributed by atoms with Crippen molar-refractivity contribution in [3.05, 3.63) is 42.1 Å². The fraction of sp³-hybridized carbons (Fsp3) is 0.526. The van der Waals surface area contributed by atoms with Gasteiger partial charge in [-0.3, -0.25) is 4.98 Å². The molecule has 0 amide bonds. The summed E-state index contributed by atoms with van der Waals surface area (Å²) in [6, 6.07) is 13.1. The Morgan fingerprint density at radius 1 is 0.750 bits per heavy atom. The van der Waals surface area contributed by atoms with Crippen molar-refractivity contribution in [1.29, 1.82) is 0 Å². The molecule has 20 heavy (non-hydrogen) atoms. The van der Waals surface area contributed by atoms with Crippen molar-refractivity contribution in [3.63, 3.8) is 0 Å². The van der Waals surface area contributed by atoms with E-state index in [9.17, 15) is 0 Å². The van der Waals surface area contributed by atoms with Crippen LogP contribution in [0.25, 0.3) is 10.9 Å². The van der Waals surface area contributed by atoms with Crippen LogP contribution in [0.15, 0.2) is 36.4 Å². The molecule has 0 atom stereocenters. The molecular weight excluding hydrogens is 242 g/mol. The Morgan fingerprint density at radius 3 is 2.20 bits per heavy atom. The van der Waals surface area contributed by atoms with Crippen LogP contribution in [0.5, 0.6) is 0 Å². The number of hydrogen-bond donors (Lipinski definition) is 0. The van der Waals surface area contributed by atoms with Crippen LogP contribution >= 0.6 is 0 Å². The first-order valence-corrected chi connectivity index (χ1v) is 8.22. The van der Waals surface area contributed by atoms with Gasteiger partial charge in [-0.05, 0) is 67.9 Å². The van der Waals surface area contributed by atoms with E-state index in [-0.39, 0.29) is 0 Å². The number of aromatic nitrogens is 1. The molecule has 0 unspecified atom stereocenters. The third kappa shape index (κ3) is 1.58. The number of nitrogens with zero attached hydrogens (tertiary/aromatic N) is 1. The lowest BCUT2D eigenvalue weighted by Crippen LogP contribution is -2.44. The molecule has 0 aliphatic heterocycles. The second-order valence-corrected chi connectivity index (χ2v) is 7.39. The topological polar surface area (TPSA) is 12.9 Å². The van der Waals surface area contributed by atoms with Crippen LogP contribution in [0.3, 0.4) is 0 Å². The largest absolute Gasteiger partial charge is 0.253 e. The second-order valence-electron chi connectivity index (χ2n) is 7.39. The quantitative estimate of drug-likeness (QED) is 0.722. The van der Waals surface area contributed by atoms with Gasteiger partial charge in [-0.15, -0.1) is 0 Å². The summed E-state index contributed by atoms with van der Waals surface area (Å²) in [5.41, 5.74) is 2.57. The lowest BCUT2D eigenvalue weighted by atomic mass is 9.51. The predicted octanol–water partition coefficient (Wildman–Crippen LogP) is 4.77. The Morgan fingerprint density at radius 2 is 1.45 bits per heavy atom. The first-order valence-electron chi connectivity index (χ1n) is 8.22. The molecular formula is C19H21N. The zero-order valence-electron chi connectivity index (χ0n) is 11.8. The van der Waals surface area contributed by atoms with Crippen molar-refractivity contribution in [2.75, 3.05) is 0 Å². The average molecular weight is 263 g/mol. The van der Waals surface area contributed by atoms with Crippen LogP contribution in [0.1, 0.15) is 43.7 Å². The standard InChI is InChI=1S/C19H21N/c1-2-4-17-14(3-1)5-6-18(20-17)19-15-8-12-7-13(10-15)11-16(19)9-12/h1-6,12-13,15-16,19H,7-11H2. The van der Waals surface area contributed by atoms with Gasteiger partial charge in [0.1, 0.15) is 0 Å². The van der Waals surface area contributed by atoms with Crippen molar-refractivity contribution in [3.8, 4) is 0 Å². The molecule has 2 aromatic rings. The maximum atomic E-state index is 5.02. The van der Waals surface area contributed by atoms with Crippen LogP contribution in [0, 0.1) is 23.7 Å². The number of rotatable bonds is 1. The van der Waals surface area contributed by atoms with E-state index in [1.165, 1.54) is 48.7 Å². The van der Waals surface area contributed by atoms with Crippen LogP contribution < -0.4 is 0 Å². The summed E-state index contributed by atoms with van der Waals surface area (Å²) in [6.45, 7) is 0. The first-order chi connectivity index (χ1) is 9.87. The van der Waals surface area contributed by atoms with Gasteiger partial charge in [0.05, 0.1) is 5.52 Å². The summed E-state index contributed by atoms with van der Waals surface area (Å²) >= 11 is 0. The average Bonchev–Trinajstić information content (AvgIpc) is 2.46. The molecule has 0 saturated heterocycles. The molecule has 1 heteroatoms. The van der Waals surface area contributed by atoms with Gasteiger partial charge in [0.2, 0.25) is 0 Å². The summed E-state index contributed by atoms with van der Waals surface area (Å²) in [4.78, 5) is 5.02. The van der Waals surface area contributed by atoms with Crippen LogP contribution in [-0.4, -0.2) is 4.98 Å². The van der Waals surface area contributed by atoms with Gasteiger partial charge in [-0.25, -0.2) is 0 Å². The van der Waals surface area contributed by atoms with Crippen molar-refractivity contribution < 1.29 is 0 Å². The van der Waals surface area contributed by atoms with Gasteiger partial charge in [-0.1, -0.05) is 24.3 Å². The van der Waals surface area contributed by atoms with Crippen LogP contribution in [0.2, 0.25) is 0 Å². The van der Waals surface area contributed by atoms with E-state index in [4.69, 9.17) is 4.98 Å². The maximum Gasteiger partial charge on any atom is 0.0705 e. The molecule has 4 saturated carbocycles. The van der Waals surface area contributed by atoms with Crippen molar-refractivity contribution in [2.45, 2.75) is 38.0 Å². The molecule has 0 radical (unpaired) electrons. The Kier molecular flexibility index (Phi) is 2.30. The van der Waals surface area contributed by atoms with E-state index in [0.29, 0.717) is 0 Å². The van der Waals surface area contributed by atoms with Crippen molar-refractivity contribution in [2.24, 2.45) is 23.7 Å². The molecule has 4 aliphatic rings. The van der Waals surface area contributed by atoms with Gasteiger partial charge in [0.25, 0.3) is 0 Å². The minimum atomic E-state index is 0.757. The van der Waals surface area contributed by atoms with E-state index in [0.717, 1.165) is 29.6 Å². The van der Waals surface area contributed by atoms with Crippen molar-refractivity contribution in [1.82, 2.24) is 4.98 Å². The fourth-order valence-electron chi connectivity index (χ4n) is 5.68. The second kappa shape index (κ2) is 4.07. The number of para-hydroxylation sites is 1. The Balaban J connectivity index is 1.57. The van der Waals surface area contributed by atoms with E-state index >= 15 is 0 Å². The van der Waals surface area contributed by atoms with Gasteiger partial charge in [0, 0.05) is 17.0 Å². The Hall–Kier alpha value is -1.37. The maximum absolute atomic E-state index is 5.02. The molecule has 4 aliphatic carbocycles. The molecule has 1 aromatic heterocycles. The van der Waals surface area contributed by atoms with E-state index in [1.807, 2.05) is 0 Å². The third-order valence-corrected chi connectivity index (χ3v) is 6.19. The van der Waals surface area contributed by atoms with Crippen LogP contribution in [-0.2, 0) is 0 Å². The molecule has 6 rings (SSSR count). The van der Waals surface area contributed by atoms with E-state index < -0.39 is 0 Å². The molecule has 0 N–H and O–H groups in total. The lowest BCUT2D eigenvalue weighted by Gasteiger charge is -2.54. The smallest absolute Gasteiger partial charge is 0.0705 e. The summed E-state index contributed by atoms with van der Waals surface area (Å²) in [6.07, 6.45) is 7.45. The summed E-state index contributed by atoms with van der Waals surface area (Å²) in [7, 11) is 0. The van der Waals surface area contributed by atoms with E-state index in [1.54, 1.807) is 0 Å². The number of benzene rings is 1. The summed E-state index contributed by atoms with van der Waals surface area (Å²) < 4.78 is 0. The fourth-order valence-corrected chi connectivity index (χ4v) is 5.68. The molecule has 1 nitrogen and oxygen atoms in total. The normalized spacial score (nSPS) is 38.5. The summed E-state index contributed by atoms with van der Waals surface area (Å²) in [5.74, 6) is 4.72. The Labute approximate surface area is 120 Å². The highest BCUT2D eigenvalue weighted by molar-refractivity contribution is 5.78. The summed E-state index contributed by atoms with van der Waals surface area (Å²) in [5, 5.41) is 1.28. The lowest BCUT2D eigenvalue weighted by molar-refractivity contribution is -0.00405. The monoisotopic (exact) mass is 263 g/mol. The highest BCUT2D eigenvalue weighted by atomic mass is 14.7. The molecule has 102 valence electrons. The van der Waals surface area contributed by atoms with Gasteiger partial charge in [-0.2, -0.15) is 0 Å². The predicted molar refractivity (Wildman–Crippen MR) is 81.5 cm³/mol. The van der Waals surface area contributed by atoms with Gasteiger partial charge >= 0.3 is 0 Å². The number of hydrogen-bond acceptors (Lipinski definition) is 1. The first kappa shape index (κ1) is 11.3. The van der Waals surface area contributed by atoms with Gasteiger partial charge in [0.15, 0.2) is 0 Å². The van der Waals surface area contributed by atoms with Gasteiger partial charge < -0.3 is 0 Å². The minimum absolute atomic E-state index is 0.757. The molecule has 1 heterocycles. The molecule has 1 aromatic carbocycles. The molecule has 0 spiro atoms. The molecule has 4 bridgehead atoms. The number of pyridine rings is 1. The highest BCUT2D eigenvalue weighted by Gasteiger charge is 2.48. The molecule has 4 fully saturated rings. The number of fused-ring (bicyclic) bond motifs is 1. The third-order valence-electron chi connectivity index (χ3n) is 6.19. The van der Waals surface area contributed by atoms with E-state index in [2.05, 4.69) is 36.4 Å². The van der Waals surface area contributed by atoms with Crippen LogP contribution in [0.4, 0.5) is 0 Å².